The first-order valence-electron chi connectivity index (χ1n) is 2.93. The Balaban J connectivity index is 2.66. The van der Waals surface area contributed by atoms with E-state index in [0.717, 1.165) is 0 Å². The molecule has 1 rings (SSSR count). The average molecular weight is 143 g/mol. The van der Waals surface area contributed by atoms with Gasteiger partial charge in [0.15, 0.2) is 0 Å². The molecule has 1 aliphatic heterocycles. The topological polar surface area (TPSA) is 75.4 Å². The molecule has 56 valence electrons. The number of urea groups is 1. The van der Waals surface area contributed by atoms with Crippen LogP contribution in [0, 0.1) is 0 Å². The van der Waals surface area contributed by atoms with Crippen molar-refractivity contribution in [2.24, 2.45) is 5.73 Å². The van der Waals surface area contributed by atoms with Gasteiger partial charge < -0.3 is 16.0 Å². The molecule has 0 aliphatic carbocycles. The highest BCUT2D eigenvalue weighted by molar-refractivity contribution is 5.89. The van der Waals surface area contributed by atoms with Crippen molar-refractivity contribution in [3.63, 3.8) is 0 Å². The molecule has 1 fully saturated rings. The normalized spacial score (nSPS) is 24.7. The fraction of sp³-hybridized carbons (Fsp3) is 0.600. The van der Waals surface area contributed by atoms with Crippen LogP contribution in [-0.2, 0) is 4.79 Å². The number of nitrogens with one attached hydrogen (secondary N) is 1. The first-order chi connectivity index (χ1) is 4.63. The lowest BCUT2D eigenvalue weighted by molar-refractivity contribution is -0.121. The highest BCUT2D eigenvalue weighted by Gasteiger charge is 2.30. The minimum absolute atomic E-state index is 0.246. The quantitative estimate of drug-likeness (QED) is 0.468. The molecule has 1 saturated heterocycles. The van der Waals surface area contributed by atoms with Crippen LogP contribution >= 0.6 is 0 Å². The van der Waals surface area contributed by atoms with Crippen LogP contribution in [0.2, 0.25) is 0 Å². The van der Waals surface area contributed by atoms with Crippen LogP contribution in [0.25, 0.3) is 0 Å². The minimum atomic E-state index is -0.479. The van der Waals surface area contributed by atoms with E-state index < -0.39 is 11.9 Å². The molecule has 0 spiro atoms. The van der Waals surface area contributed by atoms with E-state index in [-0.39, 0.29) is 6.03 Å². The van der Waals surface area contributed by atoms with Gasteiger partial charge in [0.2, 0.25) is 5.91 Å². The molecular formula is C5H9N3O2. The van der Waals surface area contributed by atoms with Crippen molar-refractivity contribution in [1.29, 1.82) is 0 Å². The zero-order valence-electron chi connectivity index (χ0n) is 5.63. The monoisotopic (exact) mass is 143 g/mol. The molecule has 1 unspecified atom stereocenters. The molecule has 1 atom stereocenters. The zero-order chi connectivity index (χ0) is 7.72. The number of rotatable bonds is 1. The largest absolute Gasteiger partial charge is 0.368 e. The zero-order valence-corrected chi connectivity index (χ0v) is 5.63. The van der Waals surface area contributed by atoms with Crippen LogP contribution in [-0.4, -0.2) is 36.5 Å². The van der Waals surface area contributed by atoms with E-state index in [0.29, 0.717) is 6.54 Å². The Morgan fingerprint density at radius 2 is 2.50 bits per heavy atom. The van der Waals surface area contributed by atoms with Crippen molar-refractivity contribution in [3.05, 3.63) is 0 Å². The first-order valence-corrected chi connectivity index (χ1v) is 2.93. The second-order valence-corrected chi connectivity index (χ2v) is 2.22. The Labute approximate surface area is 58.2 Å². The van der Waals surface area contributed by atoms with Gasteiger partial charge in [-0.15, -0.1) is 0 Å². The summed E-state index contributed by atoms with van der Waals surface area (Å²) in [5.74, 6) is -0.471. The van der Waals surface area contributed by atoms with Crippen LogP contribution in [0.4, 0.5) is 4.79 Å². The molecule has 0 radical (unpaired) electrons. The Morgan fingerprint density at radius 1 is 1.90 bits per heavy atom. The van der Waals surface area contributed by atoms with Gasteiger partial charge in [-0.3, -0.25) is 4.79 Å². The summed E-state index contributed by atoms with van der Waals surface area (Å²) in [7, 11) is 1.54. The summed E-state index contributed by atoms with van der Waals surface area (Å²) in [4.78, 5) is 22.5. The van der Waals surface area contributed by atoms with Crippen molar-refractivity contribution >= 4 is 11.9 Å². The Morgan fingerprint density at radius 3 is 2.70 bits per heavy atom. The average Bonchev–Trinajstić information content (AvgIpc) is 2.14. The van der Waals surface area contributed by atoms with Crippen LogP contribution in [0.15, 0.2) is 0 Å². The molecule has 5 heteroatoms. The molecule has 0 aromatic carbocycles. The summed E-state index contributed by atoms with van der Waals surface area (Å²) in [6, 6.07) is -0.726. The highest BCUT2D eigenvalue weighted by atomic mass is 16.2. The molecule has 10 heavy (non-hydrogen) atoms. The van der Waals surface area contributed by atoms with Crippen LogP contribution in [0.1, 0.15) is 0 Å². The highest BCUT2D eigenvalue weighted by Crippen LogP contribution is 2.01. The predicted octanol–water partition coefficient (Wildman–Crippen LogP) is -1.50. The number of carbonyl (C=O) groups is 2. The number of likely N-dealkylation sites (N-methyl/N-ethyl adjacent to an activating group) is 1. The van der Waals surface area contributed by atoms with E-state index in [1.807, 2.05) is 0 Å². The van der Waals surface area contributed by atoms with Crippen molar-refractivity contribution in [2.75, 3.05) is 13.6 Å². The maximum atomic E-state index is 10.7. The predicted molar refractivity (Wildman–Crippen MR) is 34.1 cm³/mol. The molecule has 0 aromatic rings. The van der Waals surface area contributed by atoms with Crippen LogP contribution in [0.3, 0.4) is 0 Å². The Bertz CT molecular complexity index is 180. The van der Waals surface area contributed by atoms with Gasteiger partial charge in [0.05, 0.1) is 0 Å². The number of amides is 3. The lowest BCUT2D eigenvalue weighted by Gasteiger charge is -2.12. The number of carbonyl (C=O) groups excluding carboxylic acids is 2. The number of nitrogens with zero attached hydrogens (tertiary/aromatic N) is 1. The molecule has 5 nitrogen and oxygen atoms in total. The Kier molecular flexibility index (Phi) is 1.48. The first kappa shape index (κ1) is 6.85. The molecule has 1 heterocycles. The molecule has 0 saturated carbocycles. The summed E-state index contributed by atoms with van der Waals surface area (Å²) in [5, 5.41) is 2.49. The lowest BCUT2D eigenvalue weighted by atomic mass is 10.3. The number of nitrogens with two attached hydrogens (primary N) is 1. The van der Waals surface area contributed by atoms with E-state index in [9.17, 15) is 9.59 Å². The van der Waals surface area contributed by atoms with E-state index in [1.54, 1.807) is 0 Å². The van der Waals surface area contributed by atoms with E-state index >= 15 is 0 Å². The van der Waals surface area contributed by atoms with E-state index in [4.69, 9.17) is 5.73 Å². The van der Waals surface area contributed by atoms with Gasteiger partial charge in [-0.1, -0.05) is 0 Å². The molecule has 3 N–H and O–H groups in total. The van der Waals surface area contributed by atoms with Crippen molar-refractivity contribution in [3.8, 4) is 0 Å². The fourth-order valence-corrected chi connectivity index (χ4v) is 0.879. The fourth-order valence-electron chi connectivity index (χ4n) is 0.879. The summed E-state index contributed by atoms with van der Waals surface area (Å²) >= 11 is 0. The number of hydrogen-bond donors (Lipinski definition) is 2. The molecule has 1 aliphatic rings. The Hall–Kier alpha value is -1.26. The van der Waals surface area contributed by atoms with Gasteiger partial charge in [0, 0.05) is 13.6 Å². The second kappa shape index (κ2) is 2.17. The van der Waals surface area contributed by atoms with Crippen LogP contribution in [0.5, 0.6) is 0 Å². The smallest absolute Gasteiger partial charge is 0.317 e. The summed E-state index contributed by atoms with van der Waals surface area (Å²) in [6.07, 6.45) is 0. The standard InChI is InChI=1S/C5H9N3O2/c1-8-3(4(6)9)2-7-5(8)10/h3H,2H2,1H3,(H2,6,9)(H,7,10). The summed E-state index contributed by atoms with van der Waals surface area (Å²) in [6.45, 7) is 0.324. The van der Waals surface area contributed by atoms with Crippen molar-refractivity contribution in [2.45, 2.75) is 6.04 Å². The number of hydrogen-bond acceptors (Lipinski definition) is 2. The third kappa shape index (κ3) is 0.896. The molecule has 3 amide bonds. The summed E-state index contributed by atoms with van der Waals surface area (Å²) < 4.78 is 0. The SMILES string of the molecule is CN1C(=O)NCC1C(N)=O. The molecule has 0 bridgehead atoms. The van der Waals surface area contributed by atoms with Gasteiger partial charge in [-0.25, -0.2) is 4.79 Å². The van der Waals surface area contributed by atoms with Gasteiger partial charge in [-0.05, 0) is 0 Å². The van der Waals surface area contributed by atoms with Crippen LogP contribution < -0.4 is 11.1 Å². The summed E-state index contributed by atoms with van der Waals surface area (Å²) in [5.41, 5.74) is 4.98. The van der Waals surface area contributed by atoms with Crippen molar-refractivity contribution < 1.29 is 9.59 Å². The number of primary amides is 1. The van der Waals surface area contributed by atoms with E-state index in [1.165, 1.54) is 11.9 Å². The minimum Gasteiger partial charge on any atom is -0.368 e. The van der Waals surface area contributed by atoms with Gasteiger partial charge in [0.1, 0.15) is 6.04 Å². The van der Waals surface area contributed by atoms with Gasteiger partial charge in [0.25, 0.3) is 0 Å². The van der Waals surface area contributed by atoms with Crippen molar-refractivity contribution in [1.82, 2.24) is 10.2 Å². The maximum Gasteiger partial charge on any atom is 0.317 e. The third-order valence-corrected chi connectivity index (χ3v) is 1.56. The molecule has 0 aromatic heterocycles. The molecular weight excluding hydrogens is 134 g/mol. The third-order valence-electron chi connectivity index (χ3n) is 1.56. The van der Waals surface area contributed by atoms with Gasteiger partial charge in [-0.2, -0.15) is 0 Å². The van der Waals surface area contributed by atoms with E-state index in [2.05, 4.69) is 5.32 Å². The lowest BCUT2D eigenvalue weighted by Crippen LogP contribution is -2.40. The van der Waals surface area contributed by atoms with Gasteiger partial charge >= 0.3 is 6.03 Å². The maximum absolute atomic E-state index is 10.7. The second-order valence-electron chi connectivity index (χ2n) is 2.22.